The fourth-order valence-corrected chi connectivity index (χ4v) is 3.15. The number of piperazine rings is 1. The molecule has 1 aliphatic rings. The van der Waals surface area contributed by atoms with Crippen LogP contribution in [0.1, 0.15) is 18.1 Å². The Morgan fingerprint density at radius 3 is 2.73 bits per heavy atom. The third-order valence-corrected chi connectivity index (χ3v) is 4.64. The van der Waals surface area contributed by atoms with Gasteiger partial charge in [-0.3, -0.25) is 14.5 Å². The molecule has 1 aromatic carbocycles. The number of ether oxygens (including phenoxy) is 1. The maximum absolute atomic E-state index is 12.3. The lowest BCUT2D eigenvalue weighted by atomic mass is 10.0. The number of aryl methyl sites for hydroxylation is 1. The molecular formula is C19H22N2O5. The van der Waals surface area contributed by atoms with Gasteiger partial charge in [-0.15, -0.1) is 0 Å². The molecule has 1 fully saturated rings. The Morgan fingerprint density at radius 2 is 2.04 bits per heavy atom. The first kappa shape index (κ1) is 18.1. The summed E-state index contributed by atoms with van der Waals surface area (Å²) in [6.07, 6.45) is 0.888. The molecule has 0 bridgehead atoms. The van der Waals surface area contributed by atoms with E-state index in [0.29, 0.717) is 25.2 Å². The molecule has 1 aromatic heterocycles. The predicted molar refractivity (Wildman–Crippen MR) is 95.7 cm³/mol. The number of rotatable bonds is 5. The standard InChI is InChI=1S/C19H22N2O5/c1-3-13-4-5-16-15(8-13)14(9-18(23)26-16)10-20-6-7-21(17(22)11-20)12-19(24)25-2/h4-5,8-9H,3,6-7,10-12H2,1-2H3. The Balaban J connectivity index is 1.78. The average Bonchev–Trinajstić information content (AvgIpc) is 2.63. The summed E-state index contributed by atoms with van der Waals surface area (Å²) < 4.78 is 9.90. The molecule has 0 N–H and O–H groups in total. The number of nitrogens with zero attached hydrogens (tertiary/aromatic N) is 2. The van der Waals surface area contributed by atoms with Crippen LogP contribution in [0.15, 0.2) is 33.5 Å². The largest absolute Gasteiger partial charge is 0.468 e. The molecule has 0 saturated carbocycles. The van der Waals surface area contributed by atoms with Gasteiger partial charge in [0.15, 0.2) is 0 Å². The van der Waals surface area contributed by atoms with E-state index < -0.39 is 11.6 Å². The summed E-state index contributed by atoms with van der Waals surface area (Å²) in [5, 5.41) is 0.897. The van der Waals surface area contributed by atoms with Gasteiger partial charge in [0.05, 0.1) is 13.7 Å². The number of methoxy groups -OCH3 is 1. The van der Waals surface area contributed by atoms with Crippen LogP contribution in [-0.4, -0.2) is 55.0 Å². The van der Waals surface area contributed by atoms with Crippen LogP contribution in [0, 0.1) is 0 Å². The first-order valence-corrected chi connectivity index (χ1v) is 8.62. The van der Waals surface area contributed by atoms with Crippen LogP contribution >= 0.6 is 0 Å². The van der Waals surface area contributed by atoms with Crippen molar-refractivity contribution in [1.29, 1.82) is 0 Å². The van der Waals surface area contributed by atoms with E-state index in [1.165, 1.54) is 18.1 Å². The lowest BCUT2D eigenvalue weighted by molar-refractivity contribution is -0.149. The summed E-state index contributed by atoms with van der Waals surface area (Å²) in [5.41, 5.74) is 2.17. The van der Waals surface area contributed by atoms with Crippen molar-refractivity contribution in [3.05, 3.63) is 45.8 Å². The second-order valence-electron chi connectivity index (χ2n) is 6.38. The molecule has 1 aliphatic heterocycles. The van der Waals surface area contributed by atoms with Gasteiger partial charge in [-0.2, -0.15) is 0 Å². The molecule has 7 nitrogen and oxygen atoms in total. The zero-order valence-electron chi connectivity index (χ0n) is 15.0. The minimum absolute atomic E-state index is 0.0269. The van der Waals surface area contributed by atoms with Crippen molar-refractivity contribution < 1.29 is 18.7 Å². The Labute approximate surface area is 151 Å². The van der Waals surface area contributed by atoms with E-state index in [2.05, 4.69) is 11.7 Å². The first-order valence-electron chi connectivity index (χ1n) is 8.62. The number of carbonyl (C=O) groups is 2. The van der Waals surface area contributed by atoms with Gasteiger partial charge in [-0.1, -0.05) is 13.0 Å². The molecule has 0 unspecified atom stereocenters. The van der Waals surface area contributed by atoms with Crippen molar-refractivity contribution in [2.75, 3.05) is 33.3 Å². The zero-order valence-corrected chi connectivity index (χ0v) is 15.0. The van der Waals surface area contributed by atoms with Gasteiger partial charge >= 0.3 is 11.6 Å². The van der Waals surface area contributed by atoms with Gasteiger partial charge in [-0.05, 0) is 29.7 Å². The van der Waals surface area contributed by atoms with Crippen molar-refractivity contribution in [3.8, 4) is 0 Å². The molecule has 0 spiro atoms. The monoisotopic (exact) mass is 358 g/mol. The van der Waals surface area contributed by atoms with E-state index in [-0.39, 0.29) is 19.0 Å². The second-order valence-corrected chi connectivity index (χ2v) is 6.38. The lowest BCUT2D eigenvalue weighted by Crippen LogP contribution is -2.51. The first-order chi connectivity index (χ1) is 12.5. The maximum Gasteiger partial charge on any atom is 0.336 e. The number of carbonyl (C=O) groups excluding carboxylic acids is 2. The fraction of sp³-hybridized carbons (Fsp3) is 0.421. The van der Waals surface area contributed by atoms with Crippen molar-refractivity contribution in [1.82, 2.24) is 9.80 Å². The Bertz CT molecular complexity index is 889. The molecule has 0 radical (unpaired) electrons. The zero-order chi connectivity index (χ0) is 18.7. The lowest BCUT2D eigenvalue weighted by Gasteiger charge is -2.33. The van der Waals surface area contributed by atoms with Crippen molar-refractivity contribution in [2.45, 2.75) is 19.9 Å². The number of esters is 1. The van der Waals surface area contributed by atoms with Gasteiger partial charge in [0.1, 0.15) is 12.1 Å². The Kier molecular flexibility index (Phi) is 5.37. The highest BCUT2D eigenvalue weighted by Gasteiger charge is 2.26. The van der Waals surface area contributed by atoms with E-state index >= 15 is 0 Å². The molecule has 0 aliphatic carbocycles. The van der Waals surface area contributed by atoms with Crippen LogP contribution in [0.5, 0.6) is 0 Å². The molecule has 1 amide bonds. The molecular weight excluding hydrogens is 336 g/mol. The van der Waals surface area contributed by atoms with Gasteiger partial charge in [0.2, 0.25) is 5.91 Å². The van der Waals surface area contributed by atoms with Crippen LogP contribution in [0.3, 0.4) is 0 Å². The summed E-state index contributed by atoms with van der Waals surface area (Å²) in [7, 11) is 1.31. The summed E-state index contributed by atoms with van der Waals surface area (Å²) in [6.45, 7) is 3.80. The SMILES string of the molecule is CCc1ccc2oc(=O)cc(CN3CCN(CC(=O)OC)C(=O)C3)c2c1. The molecule has 138 valence electrons. The van der Waals surface area contributed by atoms with Gasteiger partial charge in [0.25, 0.3) is 0 Å². The van der Waals surface area contributed by atoms with E-state index in [9.17, 15) is 14.4 Å². The number of benzene rings is 1. The van der Waals surface area contributed by atoms with Crippen molar-refractivity contribution >= 4 is 22.8 Å². The summed E-state index contributed by atoms with van der Waals surface area (Å²) >= 11 is 0. The molecule has 26 heavy (non-hydrogen) atoms. The summed E-state index contributed by atoms with van der Waals surface area (Å²) in [6, 6.07) is 7.29. The van der Waals surface area contributed by atoms with Crippen LogP contribution in [-0.2, 0) is 27.3 Å². The number of hydrogen-bond acceptors (Lipinski definition) is 6. The van der Waals surface area contributed by atoms with Crippen LogP contribution in [0.4, 0.5) is 0 Å². The molecule has 0 atom stereocenters. The van der Waals surface area contributed by atoms with Crippen molar-refractivity contribution in [2.24, 2.45) is 0 Å². The smallest absolute Gasteiger partial charge is 0.336 e. The van der Waals surface area contributed by atoms with E-state index in [1.807, 2.05) is 23.1 Å². The maximum atomic E-state index is 12.3. The van der Waals surface area contributed by atoms with Crippen molar-refractivity contribution in [3.63, 3.8) is 0 Å². The third-order valence-electron chi connectivity index (χ3n) is 4.64. The molecule has 1 saturated heterocycles. The average molecular weight is 358 g/mol. The van der Waals surface area contributed by atoms with E-state index in [1.54, 1.807) is 0 Å². The highest BCUT2D eigenvalue weighted by atomic mass is 16.5. The summed E-state index contributed by atoms with van der Waals surface area (Å²) in [5.74, 6) is -0.547. The molecule has 7 heteroatoms. The number of amides is 1. The number of fused-ring (bicyclic) bond motifs is 1. The molecule has 2 heterocycles. The fourth-order valence-electron chi connectivity index (χ4n) is 3.15. The van der Waals surface area contributed by atoms with Crippen LogP contribution in [0.2, 0.25) is 0 Å². The van der Waals surface area contributed by atoms with E-state index in [0.717, 1.165) is 22.9 Å². The Hall–Kier alpha value is -2.67. The molecule has 3 rings (SSSR count). The quantitative estimate of drug-likeness (QED) is 0.590. The minimum atomic E-state index is -0.425. The highest BCUT2D eigenvalue weighted by Crippen LogP contribution is 2.21. The third kappa shape index (κ3) is 3.94. The van der Waals surface area contributed by atoms with Gasteiger partial charge in [-0.25, -0.2) is 4.79 Å². The second kappa shape index (κ2) is 7.70. The normalized spacial score (nSPS) is 15.5. The topological polar surface area (TPSA) is 80.1 Å². The Morgan fingerprint density at radius 1 is 1.23 bits per heavy atom. The van der Waals surface area contributed by atoms with Gasteiger partial charge in [0, 0.05) is 31.1 Å². The predicted octanol–water partition coefficient (Wildman–Crippen LogP) is 1.17. The van der Waals surface area contributed by atoms with Crippen LogP contribution < -0.4 is 5.63 Å². The van der Waals surface area contributed by atoms with Gasteiger partial charge < -0.3 is 14.1 Å². The van der Waals surface area contributed by atoms with E-state index in [4.69, 9.17) is 4.42 Å². The highest BCUT2D eigenvalue weighted by molar-refractivity contribution is 5.84. The minimum Gasteiger partial charge on any atom is -0.468 e. The molecule has 2 aromatic rings. The van der Waals surface area contributed by atoms with Crippen LogP contribution in [0.25, 0.3) is 11.0 Å². The number of hydrogen-bond donors (Lipinski definition) is 0. The summed E-state index contributed by atoms with van der Waals surface area (Å²) in [4.78, 5) is 39.0.